The van der Waals surface area contributed by atoms with Crippen LogP contribution in [-0.4, -0.2) is 36.7 Å². The van der Waals surface area contributed by atoms with Crippen molar-refractivity contribution in [1.29, 1.82) is 0 Å². The normalized spacial score (nSPS) is 28.6. The van der Waals surface area contributed by atoms with Gasteiger partial charge in [0.05, 0.1) is 13.0 Å². The smallest absolute Gasteiger partial charge is 0.321 e. The lowest BCUT2D eigenvalue weighted by Crippen LogP contribution is -2.62. The lowest BCUT2D eigenvalue weighted by atomic mass is 9.53. The molecular weight excluding hydrogens is 384 g/mol. The first kappa shape index (κ1) is 20.7. The molecule has 4 saturated carbocycles. The van der Waals surface area contributed by atoms with Gasteiger partial charge in [-0.05, 0) is 75.3 Å². The first-order valence-electron chi connectivity index (χ1n) is 10.9. The number of imide groups is 1. The Balaban J connectivity index is 1.14. The van der Waals surface area contributed by atoms with Gasteiger partial charge in [0.1, 0.15) is 5.75 Å². The standard InChI is InChI=1S/C23H30N2O5/c1-15-2-4-19(5-3-15)29-7-6-21(27)30-14-20(26)24-22(28)25-23-11-16-8-17(12-23)10-18(9-16)13-23/h2-5,16-18H,6-14H2,1H3,(H2,24,25,26,28). The van der Waals surface area contributed by atoms with Crippen molar-refractivity contribution in [2.45, 2.75) is 57.4 Å². The molecule has 0 aliphatic heterocycles. The first-order valence-corrected chi connectivity index (χ1v) is 10.9. The Labute approximate surface area is 176 Å². The summed E-state index contributed by atoms with van der Waals surface area (Å²) >= 11 is 0. The van der Waals surface area contributed by atoms with Gasteiger partial charge in [-0.1, -0.05) is 17.7 Å². The summed E-state index contributed by atoms with van der Waals surface area (Å²) in [6.45, 7) is 1.67. The van der Waals surface area contributed by atoms with Crippen molar-refractivity contribution in [3.63, 3.8) is 0 Å². The van der Waals surface area contributed by atoms with Crippen LogP contribution in [0.2, 0.25) is 0 Å². The second kappa shape index (κ2) is 8.66. The molecule has 5 rings (SSSR count). The molecule has 0 unspecified atom stereocenters. The molecule has 0 heterocycles. The third-order valence-corrected chi connectivity index (χ3v) is 6.63. The quantitative estimate of drug-likeness (QED) is 0.669. The largest absolute Gasteiger partial charge is 0.493 e. The molecule has 4 aliphatic rings. The lowest BCUT2D eigenvalue weighted by Gasteiger charge is -2.56. The van der Waals surface area contributed by atoms with Crippen LogP contribution in [0.4, 0.5) is 4.79 Å². The van der Waals surface area contributed by atoms with Crippen LogP contribution in [0.5, 0.6) is 5.75 Å². The molecule has 4 bridgehead atoms. The second-order valence-electron chi connectivity index (χ2n) is 9.27. The zero-order chi connectivity index (χ0) is 21.1. The van der Waals surface area contributed by atoms with E-state index in [4.69, 9.17) is 9.47 Å². The Morgan fingerprint density at radius 2 is 1.60 bits per heavy atom. The van der Waals surface area contributed by atoms with Crippen LogP contribution in [0.15, 0.2) is 24.3 Å². The minimum atomic E-state index is -0.620. The molecule has 30 heavy (non-hydrogen) atoms. The maximum atomic E-state index is 12.3. The van der Waals surface area contributed by atoms with Gasteiger partial charge in [0.15, 0.2) is 6.61 Å². The van der Waals surface area contributed by atoms with Crippen LogP contribution < -0.4 is 15.4 Å². The average Bonchev–Trinajstić information content (AvgIpc) is 2.66. The van der Waals surface area contributed by atoms with Gasteiger partial charge >= 0.3 is 12.0 Å². The van der Waals surface area contributed by atoms with Crippen molar-refractivity contribution in [1.82, 2.24) is 10.6 Å². The van der Waals surface area contributed by atoms with E-state index in [1.807, 2.05) is 31.2 Å². The van der Waals surface area contributed by atoms with Crippen LogP contribution in [0.3, 0.4) is 0 Å². The third kappa shape index (κ3) is 5.12. The van der Waals surface area contributed by atoms with Gasteiger partial charge in [-0.3, -0.25) is 14.9 Å². The lowest BCUT2D eigenvalue weighted by molar-refractivity contribution is -0.148. The molecule has 4 fully saturated rings. The van der Waals surface area contributed by atoms with Gasteiger partial charge in [0.2, 0.25) is 0 Å². The summed E-state index contributed by atoms with van der Waals surface area (Å²) in [7, 11) is 0. The number of nitrogens with one attached hydrogen (secondary N) is 2. The van der Waals surface area contributed by atoms with Crippen LogP contribution >= 0.6 is 0 Å². The minimum absolute atomic E-state index is 0.0284. The fourth-order valence-corrected chi connectivity index (χ4v) is 5.80. The molecule has 7 heteroatoms. The van der Waals surface area contributed by atoms with E-state index in [0.29, 0.717) is 23.5 Å². The van der Waals surface area contributed by atoms with Gasteiger partial charge in [-0.25, -0.2) is 4.79 Å². The van der Waals surface area contributed by atoms with E-state index < -0.39 is 24.5 Å². The van der Waals surface area contributed by atoms with Crippen molar-refractivity contribution in [3.05, 3.63) is 29.8 Å². The average molecular weight is 415 g/mol. The number of carbonyl (C=O) groups excluding carboxylic acids is 3. The van der Waals surface area contributed by atoms with Crippen LogP contribution in [-0.2, 0) is 14.3 Å². The van der Waals surface area contributed by atoms with E-state index in [0.717, 1.165) is 24.8 Å². The highest BCUT2D eigenvalue weighted by molar-refractivity contribution is 5.95. The Morgan fingerprint density at radius 3 is 2.20 bits per heavy atom. The summed E-state index contributed by atoms with van der Waals surface area (Å²) in [5, 5.41) is 5.37. The Morgan fingerprint density at radius 1 is 1.00 bits per heavy atom. The summed E-state index contributed by atoms with van der Waals surface area (Å²) < 4.78 is 10.4. The first-order chi connectivity index (χ1) is 14.4. The van der Waals surface area contributed by atoms with Gasteiger partial charge in [0, 0.05) is 5.54 Å². The Bertz CT molecular complexity index is 769. The van der Waals surface area contributed by atoms with E-state index in [2.05, 4.69) is 10.6 Å². The fraction of sp³-hybridized carbons (Fsp3) is 0.609. The van der Waals surface area contributed by atoms with Crippen molar-refractivity contribution >= 4 is 17.9 Å². The summed E-state index contributed by atoms with van der Waals surface area (Å²) in [5.74, 6) is 1.62. The zero-order valence-corrected chi connectivity index (χ0v) is 17.4. The number of carbonyl (C=O) groups is 3. The molecule has 0 saturated heterocycles. The summed E-state index contributed by atoms with van der Waals surface area (Å²) in [5.41, 5.74) is 0.961. The number of urea groups is 1. The fourth-order valence-electron chi connectivity index (χ4n) is 5.80. The van der Waals surface area contributed by atoms with E-state index in [1.54, 1.807) is 0 Å². The molecule has 0 spiro atoms. The molecule has 1 aromatic carbocycles. The van der Waals surface area contributed by atoms with E-state index in [-0.39, 0.29) is 18.6 Å². The Kier molecular flexibility index (Phi) is 5.97. The molecule has 7 nitrogen and oxygen atoms in total. The van der Waals surface area contributed by atoms with E-state index >= 15 is 0 Å². The zero-order valence-electron chi connectivity index (χ0n) is 17.4. The molecular formula is C23H30N2O5. The molecule has 162 valence electrons. The van der Waals surface area contributed by atoms with Crippen LogP contribution in [0, 0.1) is 24.7 Å². The number of aryl methyl sites for hydroxylation is 1. The van der Waals surface area contributed by atoms with E-state index in [1.165, 1.54) is 19.3 Å². The van der Waals surface area contributed by atoms with Gasteiger partial charge in [-0.2, -0.15) is 0 Å². The second-order valence-corrected chi connectivity index (χ2v) is 9.27. The van der Waals surface area contributed by atoms with Gasteiger partial charge in [0.25, 0.3) is 5.91 Å². The SMILES string of the molecule is Cc1ccc(OCCC(=O)OCC(=O)NC(=O)NC23CC4CC(CC(C4)C2)C3)cc1. The molecule has 1 aromatic rings. The van der Waals surface area contributed by atoms with Crippen molar-refractivity contribution in [2.24, 2.45) is 17.8 Å². The van der Waals surface area contributed by atoms with Crippen molar-refractivity contribution in [2.75, 3.05) is 13.2 Å². The third-order valence-electron chi connectivity index (χ3n) is 6.63. The number of hydrogen-bond acceptors (Lipinski definition) is 5. The van der Waals surface area contributed by atoms with Crippen LogP contribution in [0.25, 0.3) is 0 Å². The van der Waals surface area contributed by atoms with Crippen molar-refractivity contribution in [3.8, 4) is 5.75 Å². The highest BCUT2D eigenvalue weighted by atomic mass is 16.5. The number of rotatable bonds is 7. The maximum absolute atomic E-state index is 12.3. The molecule has 0 atom stereocenters. The maximum Gasteiger partial charge on any atom is 0.321 e. The highest BCUT2D eigenvalue weighted by Crippen LogP contribution is 2.55. The summed E-state index contributed by atoms with van der Waals surface area (Å²) in [4.78, 5) is 36.1. The number of ether oxygens (including phenoxy) is 2. The topological polar surface area (TPSA) is 93.7 Å². The van der Waals surface area contributed by atoms with Gasteiger partial charge in [-0.15, -0.1) is 0 Å². The molecule has 3 amide bonds. The predicted molar refractivity (Wildman–Crippen MR) is 110 cm³/mol. The summed E-state index contributed by atoms with van der Waals surface area (Å²) in [6.07, 6.45) is 6.91. The molecule has 2 N–H and O–H groups in total. The van der Waals surface area contributed by atoms with Gasteiger partial charge < -0.3 is 14.8 Å². The number of hydrogen-bond donors (Lipinski definition) is 2. The number of esters is 1. The van der Waals surface area contributed by atoms with Crippen LogP contribution in [0.1, 0.15) is 50.5 Å². The molecule has 4 aliphatic carbocycles. The minimum Gasteiger partial charge on any atom is -0.493 e. The predicted octanol–water partition coefficient (Wildman–Crippen LogP) is 3.10. The molecule has 0 aromatic heterocycles. The molecule has 0 radical (unpaired) electrons. The van der Waals surface area contributed by atoms with Crippen molar-refractivity contribution < 1.29 is 23.9 Å². The van der Waals surface area contributed by atoms with E-state index in [9.17, 15) is 14.4 Å². The number of amides is 3. The Hall–Kier alpha value is -2.57. The highest BCUT2D eigenvalue weighted by Gasteiger charge is 2.51. The monoisotopic (exact) mass is 414 g/mol. The summed E-state index contributed by atoms with van der Waals surface area (Å²) in [6, 6.07) is 7.02. The number of benzene rings is 1.